The topological polar surface area (TPSA) is 76.7 Å². The van der Waals surface area contributed by atoms with E-state index in [1.165, 1.54) is 13.2 Å². The van der Waals surface area contributed by atoms with Crippen LogP contribution in [0.15, 0.2) is 78.9 Å². The number of halogens is 1. The molecule has 7 heteroatoms. The molecule has 0 aromatic heterocycles. The van der Waals surface area contributed by atoms with Crippen LogP contribution in [0.3, 0.4) is 0 Å². The van der Waals surface area contributed by atoms with Crippen molar-refractivity contribution < 1.29 is 19.1 Å². The van der Waals surface area contributed by atoms with Crippen molar-refractivity contribution >= 4 is 35.2 Å². The van der Waals surface area contributed by atoms with Crippen LogP contribution >= 0.6 is 11.6 Å². The van der Waals surface area contributed by atoms with Crippen LogP contribution in [0.2, 0.25) is 5.02 Å². The van der Waals surface area contributed by atoms with E-state index >= 15 is 0 Å². The number of carbonyl (C=O) groups excluding carboxylic acids is 2. The molecule has 0 radical (unpaired) electrons. The van der Waals surface area contributed by atoms with E-state index in [2.05, 4.69) is 10.6 Å². The van der Waals surface area contributed by atoms with Gasteiger partial charge < -0.3 is 20.1 Å². The summed E-state index contributed by atoms with van der Waals surface area (Å²) in [6.07, 6.45) is 2.94. The van der Waals surface area contributed by atoms with Crippen LogP contribution in [-0.4, -0.2) is 25.5 Å². The molecule has 0 saturated heterocycles. The first-order chi connectivity index (χ1) is 16.0. The third kappa shape index (κ3) is 6.60. The highest BCUT2D eigenvalue weighted by atomic mass is 35.5. The van der Waals surface area contributed by atoms with Gasteiger partial charge in [0.1, 0.15) is 6.04 Å². The van der Waals surface area contributed by atoms with Crippen molar-refractivity contribution in [3.8, 4) is 11.5 Å². The van der Waals surface area contributed by atoms with Gasteiger partial charge in [0.05, 0.1) is 18.7 Å². The molecule has 0 aliphatic rings. The summed E-state index contributed by atoms with van der Waals surface area (Å²) >= 11 is 6.28. The number of anilines is 1. The van der Waals surface area contributed by atoms with Gasteiger partial charge in [0.25, 0.3) is 5.91 Å². The van der Waals surface area contributed by atoms with Gasteiger partial charge in [-0.25, -0.2) is 0 Å². The zero-order chi connectivity index (χ0) is 23.6. The Kier molecular flexibility index (Phi) is 8.49. The molecule has 33 heavy (non-hydrogen) atoms. The van der Waals surface area contributed by atoms with Gasteiger partial charge in [-0.3, -0.25) is 9.59 Å². The summed E-state index contributed by atoms with van der Waals surface area (Å²) in [4.78, 5) is 25.7. The molecule has 0 bridgehead atoms. The zero-order valence-corrected chi connectivity index (χ0v) is 19.1. The second-order valence-electron chi connectivity index (χ2n) is 7.01. The molecule has 1 atom stereocenters. The second-order valence-corrected chi connectivity index (χ2v) is 7.42. The lowest BCUT2D eigenvalue weighted by Gasteiger charge is -2.18. The summed E-state index contributed by atoms with van der Waals surface area (Å²) < 4.78 is 10.9. The minimum atomic E-state index is -0.873. The molecule has 3 aromatic carbocycles. The largest absolute Gasteiger partial charge is 0.491 e. The number of carbonyl (C=O) groups is 2. The van der Waals surface area contributed by atoms with Crippen LogP contribution in [0.1, 0.15) is 24.1 Å². The monoisotopic (exact) mass is 464 g/mol. The van der Waals surface area contributed by atoms with Crippen LogP contribution < -0.4 is 20.1 Å². The molecule has 0 heterocycles. The molecule has 1 unspecified atom stereocenters. The molecule has 0 fully saturated rings. The number of benzene rings is 3. The SMILES string of the molecule is CCOc1cc(/C=C/C(=O)NC(C(=O)Nc2ccccc2)c2ccccc2)cc(Cl)c1OC. The van der Waals surface area contributed by atoms with E-state index in [4.69, 9.17) is 21.1 Å². The summed E-state index contributed by atoms with van der Waals surface area (Å²) in [5, 5.41) is 5.98. The summed E-state index contributed by atoms with van der Waals surface area (Å²) in [6.45, 7) is 2.29. The second kappa shape index (κ2) is 11.7. The molecule has 2 N–H and O–H groups in total. The molecule has 0 spiro atoms. The summed E-state index contributed by atoms with van der Waals surface area (Å²) in [7, 11) is 1.51. The smallest absolute Gasteiger partial charge is 0.251 e. The van der Waals surface area contributed by atoms with Crippen LogP contribution in [0, 0.1) is 0 Å². The van der Waals surface area contributed by atoms with E-state index in [9.17, 15) is 9.59 Å². The Balaban J connectivity index is 1.78. The zero-order valence-electron chi connectivity index (χ0n) is 18.4. The molecule has 0 saturated carbocycles. The van der Waals surface area contributed by atoms with Crippen LogP contribution in [0.5, 0.6) is 11.5 Å². The van der Waals surface area contributed by atoms with Crippen molar-refractivity contribution in [1.29, 1.82) is 0 Å². The summed E-state index contributed by atoms with van der Waals surface area (Å²) in [5.41, 5.74) is 1.97. The minimum absolute atomic E-state index is 0.347. The van der Waals surface area contributed by atoms with Crippen molar-refractivity contribution in [1.82, 2.24) is 5.32 Å². The molecule has 0 aliphatic heterocycles. The summed E-state index contributed by atoms with van der Waals surface area (Å²) in [5.74, 6) is 0.135. The lowest BCUT2D eigenvalue weighted by molar-refractivity contribution is -0.123. The highest BCUT2D eigenvalue weighted by molar-refractivity contribution is 6.32. The average molecular weight is 465 g/mol. The first-order valence-electron chi connectivity index (χ1n) is 10.4. The molecule has 6 nitrogen and oxygen atoms in total. The van der Waals surface area contributed by atoms with Gasteiger partial charge in [-0.05, 0) is 48.4 Å². The minimum Gasteiger partial charge on any atom is -0.491 e. The normalized spacial score (nSPS) is 11.6. The Labute approximate surface area is 198 Å². The highest BCUT2D eigenvalue weighted by Crippen LogP contribution is 2.36. The van der Waals surface area contributed by atoms with Crippen molar-refractivity contribution in [2.24, 2.45) is 0 Å². The van der Waals surface area contributed by atoms with Gasteiger partial charge in [0, 0.05) is 11.8 Å². The van der Waals surface area contributed by atoms with Gasteiger partial charge >= 0.3 is 0 Å². The maximum atomic E-state index is 13.0. The van der Waals surface area contributed by atoms with Gasteiger partial charge in [0.15, 0.2) is 11.5 Å². The Morgan fingerprint density at radius 2 is 1.70 bits per heavy atom. The van der Waals surface area contributed by atoms with Crippen molar-refractivity contribution in [3.63, 3.8) is 0 Å². The Hall–Kier alpha value is -3.77. The summed E-state index contributed by atoms with van der Waals surface area (Å²) in [6, 6.07) is 20.7. The lowest BCUT2D eigenvalue weighted by atomic mass is 10.1. The molecule has 3 rings (SSSR count). The highest BCUT2D eigenvalue weighted by Gasteiger charge is 2.22. The van der Waals surface area contributed by atoms with Gasteiger partial charge in [-0.1, -0.05) is 60.1 Å². The maximum absolute atomic E-state index is 13.0. The number of nitrogens with one attached hydrogen (secondary N) is 2. The van der Waals surface area contributed by atoms with E-state index in [-0.39, 0.29) is 5.91 Å². The predicted molar refractivity (Wildman–Crippen MR) is 131 cm³/mol. The van der Waals surface area contributed by atoms with Crippen molar-refractivity contribution in [2.45, 2.75) is 13.0 Å². The van der Waals surface area contributed by atoms with E-state index in [1.54, 1.807) is 42.5 Å². The van der Waals surface area contributed by atoms with Crippen molar-refractivity contribution in [3.05, 3.63) is 95.0 Å². The van der Waals surface area contributed by atoms with E-state index in [1.807, 2.05) is 43.3 Å². The molecule has 0 aliphatic carbocycles. The predicted octanol–water partition coefficient (Wildman–Crippen LogP) is 5.26. The van der Waals surface area contributed by atoms with E-state index in [0.717, 1.165) is 0 Å². The number of amides is 2. The molecular weight excluding hydrogens is 440 g/mol. The fourth-order valence-corrected chi connectivity index (χ4v) is 3.49. The fourth-order valence-electron chi connectivity index (χ4n) is 3.19. The number of hydrogen-bond acceptors (Lipinski definition) is 4. The lowest BCUT2D eigenvalue weighted by Crippen LogP contribution is -2.36. The first kappa shape index (κ1) is 23.9. The fraction of sp³-hybridized carbons (Fsp3) is 0.154. The number of methoxy groups -OCH3 is 1. The molecular formula is C26H25ClN2O4. The van der Waals surface area contributed by atoms with Crippen LogP contribution in [-0.2, 0) is 9.59 Å². The molecule has 2 amide bonds. The number of ether oxygens (including phenoxy) is 2. The van der Waals surface area contributed by atoms with Gasteiger partial charge in [0.2, 0.25) is 5.91 Å². The number of hydrogen-bond donors (Lipinski definition) is 2. The van der Waals surface area contributed by atoms with E-state index < -0.39 is 11.9 Å². The van der Waals surface area contributed by atoms with Crippen LogP contribution in [0.25, 0.3) is 6.08 Å². The maximum Gasteiger partial charge on any atom is 0.251 e. The van der Waals surface area contributed by atoms with Crippen molar-refractivity contribution in [2.75, 3.05) is 19.0 Å². The van der Waals surface area contributed by atoms with Gasteiger partial charge in [-0.15, -0.1) is 0 Å². The molecule has 170 valence electrons. The Bertz CT molecular complexity index is 1120. The average Bonchev–Trinajstić information content (AvgIpc) is 2.82. The number of para-hydroxylation sites is 1. The molecule has 3 aromatic rings. The van der Waals surface area contributed by atoms with Crippen LogP contribution in [0.4, 0.5) is 5.69 Å². The first-order valence-corrected chi connectivity index (χ1v) is 10.8. The third-order valence-electron chi connectivity index (χ3n) is 4.69. The number of rotatable bonds is 9. The quantitative estimate of drug-likeness (QED) is 0.424. The standard InChI is InChI=1S/C26H25ClN2O4/c1-3-33-22-17-18(16-21(27)25(22)32-2)14-15-23(30)29-24(19-10-6-4-7-11-19)26(31)28-20-12-8-5-9-13-20/h4-17,24H,3H2,1-2H3,(H,28,31)(H,29,30)/b15-14+. The van der Waals surface area contributed by atoms with E-state index in [0.29, 0.717) is 39.9 Å². The Morgan fingerprint density at radius 3 is 2.33 bits per heavy atom. The van der Waals surface area contributed by atoms with Gasteiger partial charge in [-0.2, -0.15) is 0 Å². The third-order valence-corrected chi connectivity index (χ3v) is 4.97. The Morgan fingerprint density at radius 1 is 1.03 bits per heavy atom.